The molecule has 1 N–H and O–H groups in total. The number of benzene rings is 1. The average Bonchev–Trinajstić information content (AvgIpc) is 2.40. The predicted octanol–water partition coefficient (Wildman–Crippen LogP) is 3.13. The van der Waals surface area contributed by atoms with Crippen molar-refractivity contribution >= 4 is 0 Å². The van der Waals surface area contributed by atoms with Crippen molar-refractivity contribution in [1.29, 1.82) is 0 Å². The van der Waals surface area contributed by atoms with Gasteiger partial charge in [0.2, 0.25) is 0 Å². The van der Waals surface area contributed by atoms with Gasteiger partial charge in [-0.25, -0.2) is 4.39 Å². The van der Waals surface area contributed by atoms with Crippen LogP contribution in [0.15, 0.2) is 18.2 Å². The van der Waals surface area contributed by atoms with Gasteiger partial charge in [-0.2, -0.15) is 0 Å². The highest BCUT2D eigenvalue weighted by Crippen LogP contribution is 2.23. The second kappa shape index (κ2) is 7.04. The molecule has 0 bridgehead atoms. The number of aliphatic hydroxyl groups excluding tert-OH is 1. The second-order valence-corrected chi connectivity index (χ2v) is 5.63. The Morgan fingerprint density at radius 2 is 2.25 bits per heavy atom. The lowest BCUT2D eigenvalue weighted by molar-refractivity contribution is 0.153. The monoisotopic (exact) mass is 281 g/mol. The van der Waals surface area contributed by atoms with Crippen molar-refractivity contribution in [3.63, 3.8) is 0 Å². The van der Waals surface area contributed by atoms with Gasteiger partial charge in [0.15, 0.2) is 0 Å². The van der Waals surface area contributed by atoms with Gasteiger partial charge >= 0.3 is 0 Å². The zero-order valence-electron chi connectivity index (χ0n) is 12.3. The summed E-state index contributed by atoms with van der Waals surface area (Å²) in [5.41, 5.74) is 0.310. The fourth-order valence-electron chi connectivity index (χ4n) is 2.76. The minimum absolute atomic E-state index is 0.310. The molecule has 0 amide bonds. The molecule has 1 aromatic rings. The quantitative estimate of drug-likeness (QED) is 0.900. The van der Waals surface area contributed by atoms with Gasteiger partial charge in [-0.05, 0) is 51.9 Å². The van der Waals surface area contributed by atoms with Crippen LogP contribution in [0.2, 0.25) is 0 Å². The number of halogens is 1. The van der Waals surface area contributed by atoms with Crippen molar-refractivity contribution in [1.82, 2.24) is 4.90 Å². The van der Waals surface area contributed by atoms with E-state index < -0.39 is 11.9 Å². The second-order valence-electron chi connectivity index (χ2n) is 5.63. The van der Waals surface area contributed by atoms with Crippen molar-refractivity contribution in [2.45, 2.75) is 44.8 Å². The van der Waals surface area contributed by atoms with Crippen molar-refractivity contribution in [2.24, 2.45) is 0 Å². The van der Waals surface area contributed by atoms with Crippen LogP contribution in [0.5, 0.6) is 5.75 Å². The molecule has 0 aliphatic carbocycles. The Balaban J connectivity index is 1.83. The molecule has 0 spiro atoms. The molecule has 0 radical (unpaired) electrons. The fourth-order valence-corrected chi connectivity index (χ4v) is 2.76. The van der Waals surface area contributed by atoms with Gasteiger partial charge in [0, 0.05) is 17.7 Å². The van der Waals surface area contributed by atoms with Crippen molar-refractivity contribution in [3.05, 3.63) is 29.6 Å². The van der Waals surface area contributed by atoms with E-state index in [9.17, 15) is 9.50 Å². The number of hydrogen-bond acceptors (Lipinski definition) is 3. The molecule has 2 unspecified atom stereocenters. The van der Waals surface area contributed by atoms with Crippen LogP contribution in [0.25, 0.3) is 0 Å². The molecule has 1 aromatic carbocycles. The topological polar surface area (TPSA) is 32.7 Å². The van der Waals surface area contributed by atoms with E-state index in [0.29, 0.717) is 24.0 Å². The summed E-state index contributed by atoms with van der Waals surface area (Å²) in [6.45, 7) is 3.31. The van der Waals surface area contributed by atoms with Crippen LogP contribution in [0, 0.1) is 5.82 Å². The number of nitrogens with zero attached hydrogens (tertiary/aromatic N) is 1. The summed E-state index contributed by atoms with van der Waals surface area (Å²) in [7, 11) is 2.15. The minimum Gasteiger partial charge on any atom is -0.493 e. The van der Waals surface area contributed by atoms with Crippen LogP contribution in [-0.2, 0) is 0 Å². The highest BCUT2D eigenvalue weighted by atomic mass is 19.1. The van der Waals surface area contributed by atoms with E-state index in [0.717, 1.165) is 13.0 Å². The maximum atomic E-state index is 13.7. The first-order valence-electron chi connectivity index (χ1n) is 7.38. The standard InChI is InChI=1S/C16H24FNO2/c1-12(19)15-7-6-14(11-16(15)17)20-10-8-13-5-3-4-9-18(13)2/h6-7,11-13,19H,3-5,8-10H2,1-2H3. The Hall–Kier alpha value is -1.13. The van der Waals surface area contributed by atoms with Crippen molar-refractivity contribution in [3.8, 4) is 5.75 Å². The summed E-state index contributed by atoms with van der Waals surface area (Å²) in [5, 5.41) is 9.38. The first-order chi connectivity index (χ1) is 9.58. The van der Waals surface area contributed by atoms with Crippen molar-refractivity contribution in [2.75, 3.05) is 20.2 Å². The largest absolute Gasteiger partial charge is 0.493 e. The van der Waals surface area contributed by atoms with Crippen LogP contribution in [0.3, 0.4) is 0 Å². The third-order valence-corrected chi connectivity index (χ3v) is 4.06. The molecule has 1 heterocycles. The molecule has 1 aliphatic rings. The third-order valence-electron chi connectivity index (χ3n) is 4.06. The zero-order valence-corrected chi connectivity index (χ0v) is 12.3. The van der Waals surface area contributed by atoms with Gasteiger partial charge in [-0.1, -0.05) is 6.42 Å². The molecule has 2 atom stereocenters. The van der Waals surface area contributed by atoms with Gasteiger partial charge in [0.25, 0.3) is 0 Å². The van der Waals surface area contributed by atoms with E-state index in [-0.39, 0.29) is 0 Å². The predicted molar refractivity (Wildman–Crippen MR) is 77.4 cm³/mol. The lowest BCUT2D eigenvalue weighted by Gasteiger charge is -2.32. The van der Waals surface area contributed by atoms with E-state index in [1.165, 1.54) is 25.3 Å². The van der Waals surface area contributed by atoms with Crippen LogP contribution in [-0.4, -0.2) is 36.2 Å². The molecule has 3 nitrogen and oxygen atoms in total. The van der Waals surface area contributed by atoms with Gasteiger partial charge in [-0.15, -0.1) is 0 Å². The van der Waals surface area contributed by atoms with E-state index in [1.54, 1.807) is 19.1 Å². The Morgan fingerprint density at radius 1 is 1.45 bits per heavy atom. The average molecular weight is 281 g/mol. The van der Waals surface area contributed by atoms with Crippen LogP contribution < -0.4 is 4.74 Å². The lowest BCUT2D eigenvalue weighted by Crippen LogP contribution is -2.37. The zero-order chi connectivity index (χ0) is 14.5. The molecule has 1 saturated heterocycles. The SMILES string of the molecule is CC(O)c1ccc(OCCC2CCCCN2C)cc1F. The van der Waals surface area contributed by atoms with Gasteiger partial charge < -0.3 is 14.7 Å². The molecule has 112 valence electrons. The minimum atomic E-state index is -0.792. The van der Waals surface area contributed by atoms with Gasteiger partial charge in [0.1, 0.15) is 11.6 Å². The van der Waals surface area contributed by atoms with Crippen molar-refractivity contribution < 1.29 is 14.2 Å². The van der Waals surface area contributed by atoms with E-state index in [2.05, 4.69) is 11.9 Å². The van der Waals surface area contributed by atoms with E-state index >= 15 is 0 Å². The molecule has 0 aromatic heterocycles. The normalized spacial score (nSPS) is 21.7. The molecule has 4 heteroatoms. The lowest BCUT2D eigenvalue weighted by atomic mass is 10.0. The van der Waals surface area contributed by atoms with Crippen LogP contribution in [0.1, 0.15) is 44.3 Å². The number of hydrogen-bond donors (Lipinski definition) is 1. The number of piperidine rings is 1. The first-order valence-corrected chi connectivity index (χ1v) is 7.38. The summed E-state index contributed by atoms with van der Waals surface area (Å²) in [6, 6.07) is 5.23. The van der Waals surface area contributed by atoms with Crippen LogP contribution in [0.4, 0.5) is 4.39 Å². The molecule has 2 rings (SSSR count). The summed E-state index contributed by atoms with van der Waals surface area (Å²) < 4.78 is 19.3. The number of ether oxygens (including phenoxy) is 1. The summed E-state index contributed by atoms with van der Waals surface area (Å²) in [4.78, 5) is 2.38. The molecular formula is C16H24FNO2. The number of aliphatic hydroxyl groups is 1. The smallest absolute Gasteiger partial charge is 0.132 e. The highest BCUT2D eigenvalue weighted by molar-refractivity contribution is 5.29. The van der Waals surface area contributed by atoms with E-state index in [4.69, 9.17) is 4.74 Å². The Bertz CT molecular complexity index is 436. The highest BCUT2D eigenvalue weighted by Gasteiger charge is 2.18. The van der Waals surface area contributed by atoms with Gasteiger partial charge in [0.05, 0.1) is 12.7 Å². The Morgan fingerprint density at radius 3 is 2.90 bits per heavy atom. The molecule has 0 saturated carbocycles. The Kier molecular flexibility index (Phi) is 5.38. The number of rotatable bonds is 5. The van der Waals surface area contributed by atoms with E-state index in [1.807, 2.05) is 0 Å². The fraction of sp³-hybridized carbons (Fsp3) is 0.625. The molecule has 1 aliphatic heterocycles. The molecule has 1 fully saturated rings. The summed E-state index contributed by atoms with van der Waals surface area (Å²) in [6.07, 6.45) is 3.96. The molecule has 20 heavy (non-hydrogen) atoms. The summed E-state index contributed by atoms with van der Waals surface area (Å²) >= 11 is 0. The molecular weight excluding hydrogens is 257 g/mol. The maximum Gasteiger partial charge on any atom is 0.132 e. The Labute approximate surface area is 120 Å². The van der Waals surface area contributed by atoms with Gasteiger partial charge in [-0.3, -0.25) is 0 Å². The van der Waals surface area contributed by atoms with Crippen LogP contribution >= 0.6 is 0 Å². The number of likely N-dealkylation sites (tertiary alicyclic amines) is 1. The third kappa shape index (κ3) is 3.93. The first kappa shape index (κ1) is 15.3. The maximum absolute atomic E-state index is 13.7. The summed E-state index contributed by atoms with van der Waals surface area (Å²) in [5.74, 6) is 0.123.